The van der Waals surface area contributed by atoms with Gasteiger partial charge in [0.05, 0.1) is 24.5 Å². The van der Waals surface area contributed by atoms with Gasteiger partial charge in [-0.25, -0.2) is 9.78 Å². The molecule has 1 saturated heterocycles. The molecule has 6 nitrogen and oxygen atoms in total. The summed E-state index contributed by atoms with van der Waals surface area (Å²) in [5.74, 6) is -0.168. The molecule has 3 N–H and O–H groups in total. The summed E-state index contributed by atoms with van der Waals surface area (Å²) < 4.78 is 5.34. The van der Waals surface area contributed by atoms with E-state index < -0.39 is 5.97 Å². The van der Waals surface area contributed by atoms with Gasteiger partial charge in [0, 0.05) is 30.4 Å². The summed E-state index contributed by atoms with van der Waals surface area (Å²) in [7, 11) is 0. The number of ether oxygens (including phenoxy) is 1. The lowest BCUT2D eigenvalue weighted by Crippen LogP contribution is -2.36. The number of aromatic carboxylic acids is 1. The number of aromatic nitrogens is 1. The van der Waals surface area contributed by atoms with E-state index in [1.807, 2.05) is 12.1 Å². The lowest BCUT2D eigenvalue weighted by Gasteiger charge is -2.28. The molecule has 0 amide bonds. The average Bonchev–Trinajstić information content (AvgIpc) is 2.55. The van der Waals surface area contributed by atoms with Crippen molar-refractivity contribution in [2.24, 2.45) is 0 Å². The number of anilines is 2. The van der Waals surface area contributed by atoms with Crippen molar-refractivity contribution in [3.63, 3.8) is 0 Å². The van der Waals surface area contributed by atoms with Crippen molar-refractivity contribution in [2.45, 2.75) is 0 Å². The van der Waals surface area contributed by atoms with Gasteiger partial charge in [0.25, 0.3) is 0 Å². The van der Waals surface area contributed by atoms with Crippen molar-refractivity contribution >= 4 is 17.5 Å². The standard InChI is InChI=1S/C16H17N3O3/c17-13-9-14(11-2-1-3-12(8-11)16(20)21)18-15(10-13)19-4-6-22-7-5-19/h1-3,8-10H,4-7H2,(H2,17,18)(H,20,21). The number of carboxylic acids is 1. The van der Waals surface area contributed by atoms with Crippen LogP contribution in [0.25, 0.3) is 11.3 Å². The Kier molecular flexibility index (Phi) is 3.93. The van der Waals surface area contributed by atoms with E-state index in [9.17, 15) is 4.79 Å². The molecular formula is C16H17N3O3. The first-order valence-electron chi connectivity index (χ1n) is 7.07. The molecule has 3 rings (SSSR count). The van der Waals surface area contributed by atoms with Gasteiger partial charge in [-0.05, 0) is 18.2 Å². The fourth-order valence-corrected chi connectivity index (χ4v) is 2.45. The van der Waals surface area contributed by atoms with E-state index in [0.717, 1.165) is 24.5 Å². The molecule has 0 aliphatic carbocycles. The van der Waals surface area contributed by atoms with Crippen LogP contribution in [0.3, 0.4) is 0 Å². The van der Waals surface area contributed by atoms with Crippen LogP contribution >= 0.6 is 0 Å². The smallest absolute Gasteiger partial charge is 0.335 e. The van der Waals surface area contributed by atoms with Crippen molar-refractivity contribution in [1.29, 1.82) is 0 Å². The van der Waals surface area contributed by atoms with Crippen molar-refractivity contribution < 1.29 is 14.6 Å². The highest BCUT2D eigenvalue weighted by Gasteiger charge is 2.14. The molecule has 114 valence electrons. The van der Waals surface area contributed by atoms with E-state index in [-0.39, 0.29) is 5.56 Å². The Morgan fingerprint density at radius 2 is 2.00 bits per heavy atom. The second-order valence-corrected chi connectivity index (χ2v) is 5.13. The molecule has 0 radical (unpaired) electrons. The van der Waals surface area contributed by atoms with Crippen molar-refractivity contribution in [3.05, 3.63) is 42.0 Å². The molecule has 0 unspecified atom stereocenters. The van der Waals surface area contributed by atoms with E-state index in [4.69, 9.17) is 15.6 Å². The quantitative estimate of drug-likeness (QED) is 0.899. The van der Waals surface area contributed by atoms with E-state index in [1.165, 1.54) is 0 Å². The lowest BCUT2D eigenvalue weighted by molar-refractivity contribution is 0.0697. The molecule has 1 aliphatic heterocycles. The van der Waals surface area contributed by atoms with Gasteiger partial charge in [-0.2, -0.15) is 0 Å². The molecule has 0 saturated carbocycles. The number of carbonyl (C=O) groups is 1. The molecule has 1 fully saturated rings. The van der Waals surface area contributed by atoms with Crippen LogP contribution in [-0.4, -0.2) is 42.4 Å². The largest absolute Gasteiger partial charge is 0.478 e. The highest BCUT2D eigenvalue weighted by molar-refractivity contribution is 5.89. The number of hydrogen-bond donors (Lipinski definition) is 2. The molecule has 0 bridgehead atoms. The first kappa shape index (κ1) is 14.3. The van der Waals surface area contributed by atoms with Crippen LogP contribution in [0, 0.1) is 0 Å². The van der Waals surface area contributed by atoms with Gasteiger partial charge >= 0.3 is 5.97 Å². The maximum absolute atomic E-state index is 11.1. The molecule has 1 aromatic carbocycles. The topological polar surface area (TPSA) is 88.7 Å². The van der Waals surface area contributed by atoms with E-state index in [2.05, 4.69) is 9.88 Å². The molecule has 6 heteroatoms. The summed E-state index contributed by atoms with van der Waals surface area (Å²) in [5, 5.41) is 9.10. The van der Waals surface area contributed by atoms with Crippen molar-refractivity contribution in [3.8, 4) is 11.3 Å². The van der Waals surface area contributed by atoms with Crippen molar-refractivity contribution in [2.75, 3.05) is 36.9 Å². The number of benzene rings is 1. The van der Waals surface area contributed by atoms with Crippen LogP contribution in [0.1, 0.15) is 10.4 Å². The number of nitrogens with zero attached hydrogens (tertiary/aromatic N) is 2. The van der Waals surface area contributed by atoms with Crippen LogP contribution in [0.5, 0.6) is 0 Å². The van der Waals surface area contributed by atoms with Crippen molar-refractivity contribution in [1.82, 2.24) is 4.98 Å². The van der Waals surface area contributed by atoms with E-state index in [1.54, 1.807) is 24.3 Å². The van der Waals surface area contributed by atoms with Crippen LogP contribution in [0.2, 0.25) is 0 Å². The normalized spacial score (nSPS) is 14.8. The molecule has 2 aromatic rings. The number of pyridine rings is 1. The summed E-state index contributed by atoms with van der Waals surface area (Å²) in [4.78, 5) is 17.8. The number of morpholine rings is 1. The Morgan fingerprint density at radius 1 is 1.23 bits per heavy atom. The number of carboxylic acid groups (broad SMARTS) is 1. The van der Waals surface area contributed by atoms with Gasteiger partial charge in [-0.15, -0.1) is 0 Å². The fourth-order valence-electron chi connectivity index (χ4n) is 2.45. The van der Waals surface area contributed by atoms with Crippen LogP contribution in [-0.2, 0) is 4.74 Å². The van der Waals surface area contributed by atoms with Gasteiger partial charge in [0.15, 0.2) is 0 Å². The highest BCUT2D eigenvalue weighted by atomic mass is 16.5. The molecule has 22 heavy (non-hydrogen) atoms. The Morgan fingerprint density at radius 3 is 2.73 bits per heavy atom. The zero-order valence-electron chi connectivity index (χ0n) is 12.0. The summed E-state index contributed by atoms with van der Waals surface area (Å²) in [6.45, 7) is 2.87. The molecular weight excluding hydrogens is 282 g/mol. The van der Waals surface area contributed by atoms with Crippen LogP contribution < -0.4 is 10.6 Å². The predicted octanol–water partition coefficient (Wildman–Crippen LogP) is 1.87. The summed E-state index contributed by atoms with van der Waals surface area (Å²) in [6, 6.07) is 10.3. The number of nitrogen functional groups attached to an aromatic ring is 1. The number of nitrogens with two attached hydrogens (primary N) is 1. The predicted molar refractivity (Wildman–Crippen MR) is 84.1 cm³/mol. The monoisotopic (exact) mass is 299 g/mol. The summed E-state index contributed by atoms with van der Waals surface area (Å²) in [6.07, 6.45) is 0. The minimum atomic E-state index is -0.959. The van der Waals surface area contributed by atoms with Gasteiger partial charge < -0.3 is 20.5 Å². The Hall–Kier alpha value is -2.60. The number of hydrogen-bond acceptors (Lipinski definition) is 5. The van der Waals surface area contributed by atoms with Crippen LogP contribution in [0.15, 0.2) is 36.4 Å². The molecule has 0 spiro atoms. The molecule has 2 heterocycles. The zero-order valence-corrected chi connectivity index (χ0v) is 12.0. The lowest BCUT2D eigenvalue weighted by atomic mass is 10.1. The van der Waals surface area contributed by atoms with Gasteiger partial charge in [0.2, 0.25) is 0 Å². The highest BCUT2D eigenvalue weighted by Crippen LogP contribution is 2.25. The van der Waals surface area contributed by atoms with Gasteiger partial charge in [-0.1, -0.05) is 12.1 Å². The third-order valence-electron chi connectivity index (χ3n) is 3.57. The first-order valence-corrected chi connectivity index (χ1v) is 7.07. The average molecular weight is 299 g/mol. The second-order valence-electron chi connectivity index (χ2n) is 5.13. The zero-order chi connectivity index (χ0) is 15.5. The third kappa shape index (κ3) is 3.01. The summed E-state index contributed by atoms with van der Waals surface area (Å²) in [5.41, 5.74) is 8.23. The SMILES string of the molecule is Nc1cc(-c2cccc(C(=O)O)c2)nc(N2CCOCC2)c1. The Balaban J connectivity index is 1.98. The van der Waals surface area contributed by atoms with Gasteiger partial charge in [0.1, 0.15) is 5.82 Å². The Labute approximate surface area is 128 Å². The maximum atomic E-state index is 11.1. The summed E-state index contributed by atoms with van der Waals surface area (Å²) >= 11 is 0. The second kappa shape index (κ2) is 6.03. The third-order valence-corrected chi connectivity index (χ3v) is 3.57. The minimum Gasteiger partial charge on any atom is -0.478 e. The van der Waals surface area contributed by atoms with Gasteiger partial charge in [-0.3, -0.25) is 0 Å². The fraction of sp³-hybridized carbons (Fsp3) is 0.250. The first-order chi connectivity index (χ1) is 10.6. The van der Waals surface area contributed by atoms with E-state index in [0.29, 0.717) is 24.6 Å². The van der Waals surface area contributed by atoms with Crippen LogP contribution in [0.4, 0.5) is 11.5 Å². The Bertz CT molecular complexity index is 697. The molecule has 0 atom stereocenters. The van der Waals surface area contributed by atoms with E-state index >= 15 is 0 Å². The minimum absolute atomic E-state index is 0.231. The molecule has 1 aromatic heterocycles. The molecule has 1 aliphatic rings. The number of rotatable bonds is 3. The maximum Gasteiger partial charge on any atom is 0.335 e.